The number of ether oxygens (including phenoxy) is 1. The number of para-hydroxylation sites is 1. The largest absolute Gasteiger partial charge is 0.496 e. The van der Waals surface area contributed by atoms with Crippen LogP contribution in [0.25, 0.3) is 10.9 Å². The number of benzene rings is 1. The topological polar surface area (TPSA) is 22.1 Å². The molecule has 0 spiro atoms. The molecule has 0 atom stereocenters. The molecule has 0 radical (unpaired) electrons. The lowest BCUT2D eigenvalue weighted by Gasteiger charge is -2.05. The Morgan fingerprint density at radius 1 is 1.13 bits per heavy atom. The summed E-state index contributed by atoms with van der Waals surface area (Å²) in [7, 11) is 1.68. The molecule has 15 heavy (non-hydrogen) atoms. The molecule has 0 N–H and O–H groups in total. The van der Waals surface area contributed by atoms with Gasteiger partial charge in [-0.3, -0.25) is 4.98 Å². The van der Waals surface area contributed by atoms with E-state index >= 15 is 0 Å². The second-order valence-electron chi connectivity index (χ2n) is 2.98. The maximum Gasteiger partial charge on any atom is 0.129 e. The maximum atomic E-state index is 5.24. The molecule has 0 saturated heterocycles. The van der Waals surface area contributed by atoms with E-state index in [2.05, 4.69) is 18.0 Å². The van der Waals surface area contributed by atoms with Gasteiger partial charge in [0.05, 0.1) is 12.6 Å². The van der Waals surface area contributed by atoms with Gasteiger partial charge in [-0.15, -0.1) is 0 Å². The van der Waals surface area contributed by atoms with Crippen LogP contribution in [0.2, 0.25) is 0 Å². The Morgan fingerprint density at radius 3 is 2.53 bits per heavy atom. The Hall–Kier alpha value is -1.57. The van der Waals surface area contributed by atoms with Crippen molar-refractivity contribution in [2.45, 2.75) is 20.8 Å². The number of fused-ring (bicyclic) bond motifs is 1. The number of pyridine rings is 1. The summed E-state index contributed by atoms with van der Waals surface area (Å²) in [6, 6.07) is 7.96. The van der Waals surface area contributed by atoms with Crippen LogP contribution >= 0.6 is 0 Å². The number of rotatable bonds is 1. The number of aromatic nitrogens is 1. The first-order valence-corrected chi connectivity index (χ1v) is 5.21. The number of methoxy groups -OCH3 is 1. The zero-order valence-corrected chi connectivity index (χ0v) is 9.74. The Kier molecular flexibility index (Phi) is 4.10. The summed E-state index contributed by atoms with van der Waals surface area (Å²) >= 11 is 0. The van der Waals surface area contributed by atoms with E-state index in [-0.39, 0.29) is 0 Å². The van der Waals surface area contributed by atoms with Gasteiger partial charge >= 0.3 is 0 Å². The molecule has 0 unspecified atom stereocenters. The van der Waals surface area contributed by atoms with Crippen LogP contribution in [0.1, 0.15) is 19.4 Å². The Balaban J connectivity index is 0.000000531. The molecule has 2 nitrogen and oxygen atoms in total. The van der Waals surface area contributed by atoms with E-state index in [1.165, 1.54) is 5.56 Å². The van der Waals surface area contributed by atoms with Gasteiger partial charge in [-0.1, -0.05) is 26.0 Å². The summed E-state index contributed by atoms with van der Waals surface area (Å²) in [5.74, 6) is 0.883. The Labute approximate surface area is 90.9 Å². The molecule has 80 valence electrons. The fourth-order valence-corrected chi connectivity index (χ4v) is 1.48. The molecule has 1 aromatic heterocycles. The van der Waals surface area contributed by atoms with Crippen molar-refractivity contribution in [3.05, 3.63) is 36.0 Å². The molecule has 2 aromatic rings. The van der Waals surface area contributed by atoms with Crippen LogP contribution in [0.5, 0.6) is 5.75 Å². The summed E-state index contributed by atoms with van der Waals surface area (Å²) in [6.07, 6.45) is 1.77. The number of nitrogens with zero attached hydrogens (tertiary/aromatic N) is 1. The summed E-state index contributed by atoms with van der Waals surface area (Å²) in [4.78, 5) is 4.31. The normalized spacial score (nSPS) is 9.33. The maximum absolute atomic E-state index is 5.24. The average Bonchev–Trinajstić information content (AvgIpc) is 2.32. The third kappa shape index (κ3) is 2.27. The lowest BCUT2D eigenvalue weighted by atomic mass is 10.1. The lowest BCUT2D eigenvalue weighted by Crippen LogP contribution is -1.88. The molecule has 1 heterocycles. The highest BCUT2D eigenvalue weighted by Gasteiger charge is 2.02. The van der Waals surface area contributed by atoms with Gasteiger partial charge in [0.25, 0.3) is 0 Å². The molecule has 0 fully saturated rings. The van der Waals surface area contributed by atoms with Crippen LogP contribution in [0, 0.1) is 6.92 Å². The lowest BCUT2D eigenvalue weighted by molar-refractivity contribution is 0.419. The van der Waals surface area contributed by atoms with Crippen molar-refractivity contribution in [1.82, 2.24) is 4.98 Å². The van der Waals surface area contributed by atoms with Gasteiger partial charge in [0.2, 0.25) is 0 Å². The Morgan fingerprint density at radius 2 is 1.87 bits per heavy atom. The van der Waals surface area contributed by atoms with Gasteiger partial charge in [0.1, 0.15) is 5.75 Å². The van der Waals surface area contributed by atoms with Crippen LogP contribution < -0.4 is 4.74 Å². The summed E-state index contributed by atoms with van der Waals surface area (Å²) in [6.45, 7) is 6.05. The van der Waals surface area contributed by atoms with Crippen molar-refractivity contribution in [3.63, 3.8) is 0 Å². The molecular weight excluding hydrogens is 186 g/mol. The number of hydrogen-bond acceptors (Lipinski definition) is 2. The first-order chi connectivity index (χ1) is 7.33. The standard InChI is InChI=1S/C11H11NO.C2H6/c1-8-4-3-5-9-10(13-2)6-7-12-11(8)9;1-2/h3-7H,1-2H3;1-2H3. The quantitative estimate of drug-likeness (QED) is 0.706. The van der Waals surface area contributed by atoms with Crippen molar-refractivity contribution in [1.29, 1.82) is 0 Å². The number of aryl methyl sites for hydroxylation is 1. The van der Waals surface area contributed by atoms with Crippen LogP contribution in [-0.2, 0) is 0 Å². The van der Waals surface area contributed by atoms with Crippen molar-refractivity contribution >= 4 is 10.9 Å². The second-order valence-corrected chi connectivity index (χ2v) is 2.98. The zero-order valence-electron chi connectivity index (χ0n) is 9.74. The first-order valence-electron chi connectivity index (χ1n) is 5.21. The van der Waals surface area contributed by atoms with E-state index < -0.39 is 0 Å². The van der Waals surface area contributed by atoms with E-state index in [1.54, 1.807) is 13.3 Å². The highest BCUT2D eigenvalue weighted by Crippen LogP contribution is 2.24. The minimum Gasteiger partial charge on any atom is -0.496 e. The van der Waals surface area contributed by atoms with Gasteiger partial charge in [-0.05, 0) is 24.6 Å². The molecule has 2 heteroatoms. The molecular formula is C13H17NO. The summed E-state index contributed by atoms with van der Waals surface area (Å²) in [5, 5.41) is 1.07. The molecule has 0 amide bonds. The van der Waals surface area contributed by atoms with Crippen molar-refractivity contribution in [2.24, 2.45) is 0 Å². The minimum atomic E-state index is 0.883. The molecule has 0 bridgehead atoms. The fraction of sp³-hybridized carbons (Fsp3) is 0.308. The van der Waals surface area contributed by atoms with Gasteiger partial charge in [0, 0.05) is 11.6 Å². The third-order valence-electron chi connectivity index (χ3n) is 2.15. The van der Waals surface area contributed by atoms with E-state index in [0.29, 0.717) is 0 Å². The average molecular weight is 203 g/mol. The second kappa shape index (κ2) is 5.35. The molecule has 0 aliphatic rings. The first kappa shape index (κ1) is 11.5. The van der Waals surface area contributed by atoms with E-state index in [1.807, 2.05) is 32.0 Å². The smallest absolute Gasteiger partial charge is 0.129 e. The van der Waals surface area contributed by atoms with Crippen LogP contribution in [-0.4, -0.2) is 12.1 Å². The van der Waals surface area contributed by atoms with Crippen molar-refractivity contribution in [2.75, 3.05) is 7.11 Å². The fourth-order valence-electron chi connectivity index (χ4n) is 1.48. The molecule has 1 aromatic carbocycles. The van der Waals surface area contributed by atoms with Crippen LogP contribution in [0.3, 0.4) is 0 Å². The summed E-state index contributed by atoms with van der Waals surface area (Å²) in [5.41, 5.74) is 2.19. The molecule has 0 saturated carbocycles. The van der Waals surface area contributed by atoms with E-state index in [9.17, 15) is 0 Å². The van der Waals surface area contributed by atoms with Crippen molar-refractivity contribution in [3.8, 4) is 5.75 Å². The van der Waals surface area contributed by atoms with Gasteiger partial charge < -0.3 is 4.74 Å². The van der Waals surface area contributed by atoms with E-state index in [4.69, 9.17) is 4.74 Å². The predicted molar refractivity (Wildman–Crippen MR) is 64.4 cm³/mol. The van der Waals surface area contributed by atoms with Gasteiger partial charge in [0.15, 0.2) is 0 Å². The summed E-state index contributed by atoms with van der Waals surface area (Å²) < 4.78 is 5.24. The molecule has 0 aliphatic carbocycles. The zero-order chi connectivity index (χ0) is 11.3. The van der Waals surface area contributed by atoms with Gasteiger partial charge in [-0.2, -0.15) is 0 Å². The third-order valence-corrected chi connectivity index (χ3v) is 2.15. The van der Waals surface area contributed by atoms with Crippen molar-refractivity contribution < 1.29 is 4.74 Å². The predicted octanol–water partition coefficient (Wildman–Crippen LogP) is 3.58. The van der Waals surface area contributed by atoms with Crippen LogP contribution in [0.4, 0.5) is 0 Å². The molecule has 0 aliphatic heterocycles. The SMILES string of the molecule is CC.COc1ccnc2c(C)cccc12. The van der Waals surface area contributed by atoms with E-state index in [0.717, 1.165) is 16.7 Å². The molecule has 2 rings (SSSR count). The highest BCUT2D eigenvalue weighted by molar-refractivity contribution is 5.87. The number of hydrogen-bond donors (Lipinski definition) is 0. The van der Waals surface area contributed by atoms with Gasteiger partial charge in [-0.25, -0.2) is 0 Å². The highest BCUT2D eigenvalue weighted by atomic mass is 16.5. The Bertz CT molecular complexity index is 437. The van der Waals surface area contributed by atoms with Crippen LogP contribution in [0.15, 0.2) is 30.5 Å². The monoisotopic (exact) mass is 203 g/mol. The minimum absolute atomic E-state index is 0.883.